The molecule has 9 heteroatoms. The van der Waals surface area contributed by atoms with Crippen LogP contribution in [0.1, 0.15) is 66.8 Å². The quantitative estimate of drug-likeness (QED) is 0.653. The number of piperidine rings is 1. The zero-order valence-corrected chi connectivity index (χ0v) is 19.0. The Balaban J connectivity index is 1.39. The van der Waals surface area contributed by atoms with Crippen LogP contribution in [0, 0.1) is 0 Å². The summed E-state index contributed by atoms with van der Waals surface area (Å²) in [7, 11) is 0. The number of benzene rings is 1. The van der Waals surface area contributed by atoms with Gasteiger partial charge in [0.15, 0.2) is 5.82 Å². The summed E-state index contributed by atoms with van der Waals surface area (Å²) in [5, 5.41) is 4.16. The standard InChI is InChI=1S/C23H28F2N4O2S/c1-23(24,25)19-6-4-15(5-7-19)17-12-18(21-26-20(27-31-21)16-2-3-16)14-29(13-17)22(30)28-8-10-32-11-9-28/h4-7,16-18H,2-3,8-14H2,1H3. The van der Waals surface area contributed by atoms with Crippen LogP contribution >= 0.6 is 11.8 Å². The Hall–Kier alpha value is -2.16. The van der Waals surface area contributed by atoms with Crippen LogP contribution in [-0.4, -0.2) is 63.7 Å². The third-order valence-corrected chi connectivity index (χ3v) is 7.58. The second-order valence-corrected chi connectivity index (χ2v) is 10.4. The molecule has 32 heavy (non-hydrogen) atoms. The molecule has 2 amide bonds. The molecule has 0 bridgehead atoms. The monoisotopic (exact) mass is 462 g/mol. The average Bonchev–Trinajstić information content (AvgIpc) is 3.54. The summed E-state index contributed by atoms with van der Waals surface area (Å²) in [5.74, 6) is 0.741. The Kier molecular flexibility index (Phi) is 5.86. The summed E-state index contributed by atoms with van der Waals surface area (Å²) in [5.41, 5.74) is 0.954. The summed E-state index contributed by atoms with van der Waals surface area (Å²) in [6.45, 7) is 3.51. The highest BCUT2D eigenvalue weighted by atomic mass is 32.2. The third-order valence-electron chi connectivity index (χ3n) is 6.64. The number of hydrogen-bond acceptors (Lipinski definition) is 5. The molecule has 1 saturated carbocycles. The summed E-state index contributed by atoms with van der Waals surface area (Å²) in [4.78, 5) is 21.7. The molecule has 172 valence electrons. The number of amides is 2. The number of carbonyl (C=O) groups excluding carboxylic acids is 1. The molecule has 0 spiro atoms. The molecule has 2 aliphatic heterocycles. The van der Waals surface area contributed by atoms with E-state index in [1.54, 1.807) is 12.1 Å². The summed E-state index contributed by atoms with van der Waals surface area (Å²) < 4.78 is 33.0. The van der Waals surface area contributed by atoms with Crippen molar-refractivity contribution in [1.82, 2.24) is 19.9 Å². The molecule has 2 atom stereocenters. The van der Waals surface area contributed by atoms with Gasteiger partial charge in [0.05, 0.1) is 5.92 Å². The lowest BCUT2D eigenvalue weighted by Crippen LogP contribution is -2.51. The Bertz CT molecular complexity index is 952. The number of urea groups is 1. The first-order valence-electron chi connectivity index (χ1n) is 11.3. The van der Waals surface area contributed by atoms with E-state index in [4.69, 9.17) is 4.52 Å². The first-order valence-corrected chi connectivity index (χ1v) is 12.5. The second kappa shape index (κ2) is 8.65. The minimum absolute atomic E-state index is 0.00154. The second-order valence-electron chi connectivity index (χ2n) is 9.19. The normalized spacial score (nSPS) is 24.6. The molecule has 2 aromatic rings. The van der Waals surface area contributed by atoms with Gasteiger partial charge >= 0.3 is 6.03 Å². The van der Waals surface area contributed by atoms with Crippen molar-refractivity contribution in [3.8, 4) is 0 Å². The van der Waals surface area contributed by atoms with E-state index in [9.17, 15) is 13.6 Å². The van der Waals surface area contributed by atoms with Gasteiger partial charge in [-0.3, -0.25) is 0 Å². The lowest BCUT2D eigenvalue weighted by Gasteiger charge is -2.40. The average molecular weight is 463 g/mol. The van der Waals surface area contributed by atoms with Gasteiger partial charge in [0.25, 0.3) is 5.92 Å². The van der Waals surface area contributed by atoms with Crippen molar-refractivity contribution < 1.29 is 18.1 Å². The van der Waals surface area contributed by atoms with Crippen molar-refractivity contribution in [2.75, 3.05) is 37.7 Å². The van der Waals surface area contributed by atoms with Crippen LogP contribution < -0.4 is 0 Å². The van der Waals surface area contributed by atoms with Crippen molar-refractivity contribution in [3.63, 3.8) is 0 Å². The van der Waals surface area contributed by atoms with Gasteiger partial charge in [0, 0.05) is 62.0 Å². The maximum atomic E-state index is 13.7. The van der Waals surface area contributed by atoms with Crippen LogP contribution in [0.15, 0.2) is 28.8 Å². The molecule has 5 rings (SSSR count). The van der Waals surface area contributed by atoms with Crippen LogP contribution in [0.4, 0.5) is 13.6 Å². The number of halogens is 2. The van der Waals surface area contributed by atoms with E-state index in [0.29, 0.717) is 24.9 Å². The Morgan fingerprint density at radius 2 is 1.75 bits per heavy atom. The lowest BCUT2D eigenvalue weighted by molar-refractivity contribution is 0.0174. The molecule has 6 nitrogen and oxygen atoms in total. The van der Waals surface area contributed by atoms with Gasteiger partial charge in [-0.05, 0) is 24.8 Å². The number of nitrogens with zero attached hydrogens (tertiary/aromatic N) is 4. The fourth-order valence-electron chi connectivity index (χ4n) is 4.60. The highest BCUT2D eigenvalue weighted by Gasteiger charge is 2.38. The molecule has 2 unspecified atom stereocenters. The van der Waals surface area contributed by atoms with Gasteiger partial charge < -0.3 is 14.3 Å². The molecule has 3 fully saturated rings. The molecule has 3 aliphatic rings. The highest BCUT2D eigenvalue weighted by molar-refractivity contribution is 7.99. The fourth-order valence-corrected chi connectivity index (χ4v) is 5.50. The molecular weight excluding hydrogens is 434 g/mol. The van der Waals surface area contributed by atoms with E-state index in [2.05, 4.69) is 10.1 Å². The Morgan fingerprint density at radius 3 is 2.41 bits per heavy atom. The number of likely N-dealkylation sites (tertiary alicyclic amines) is 1. The summed E-state index contributed by atoms with van der Waals surface area (Å²) in [6, 6.07) is 6.56. The van der Waals surface area contributed by atoms with E-state index in [1.165, 1.54) is 12.1 Å². The molecule has 1 aliphatic carbocycles. The molecule has 3 heterocycles. The molecule has 0 radical (unpaired) electrons. The van der Waals surface area contributed by atoms with Gasteiger partial charge in [-0.2, -0.15) is 16.7 Å². The Labute approximate surface area is 190 Å². The van der Waals surface area contributed by atoms with Gasteiger partial charge in [0.2, 0.25) is 5.89 Å². The van der Waals surface area contributed by atoms with E-state index in [-0.39, 0.29) is 23.4 Å². The Morgan fingerprint density at radius 1 is 1.06 bits per heavy atom. The van der Waals surface area contributed by atoms with Gasteiger partial charge in [-0.25, -0.2) is 13.6 Å². The zero-order chi connectivity index (χ0) is 22.3. The van der Waals surface area contributed by atoms with E-state index in [0.717, 1.165) is 62.2 Å². The summed E-state index contributed by atoms with van der Waals surface area (Å²) in [6.07, 6.45) is 2.93. The highest BCUT2D eigenvalue weighted by Crippen LogP contribution is 2.41. The minimum Gasteiger partial charge on any atom is -0.339 e. The number of alkyl halides is 2. The maximum Gasteiger partial charge on any atom is 0.320 e. The van der Waals surface area contributed by atoms with E-state index < -0.39 is 5.92 Å². The number of thioether (sulfide) groups is 1. The number of rotatable bonds is 4. The minimum atomic E-state index is -2.87. The van der Waals surface area contributed by atoms with Gasteiger partial charge in [-0.1, -0.05) is 29.4 Å². The zero-order valence-electron chi connectivity index (χ0n) is 18.2. The molecule has 0 N–H and O–H groups in total. The third kappa shape index (κ3) is 4.63. The predicted molar refractivity (Wildman–Crippen MR) is 118 cm³/mol. The number of carbonyl (C=O) groups is 1. The predicted octanol–water partition coefficient (Wildman–Crippen LogP) is 4.80. The van der Waals surface area contributed by atoms with E-state index in [1.807, 2.05) is 21.6 Å². The first kappa shape index (κ1) is 21.7. The van der Waals surface area contributed by atoms with Crippen LogP contribution in [-0.2, 0) is 5.92 Å². The van der Waals surface area contributed by atoms with Crippen LogP contribution in [0.3, 0.4) is 0 Å². The maximum absolute atomic E-state index is 13.7. The topological polar surface area (TPSA) is 62.5 Å². The van der Waals surface area contributed by atoms with E-state index >= 15 is 0 Å². The van der Waals surface area contributed by atoms with Crippen molar-refractivity contribution in [3.05, 3.63) is 47.1 Å². The summed E-state index contributed by atoms with van der Waals surface area (Å²) >= 11 is 1.87. The fraction of sp³-hybridized carbons (Fsp3) is 0.609. The molecule has 1 aromatic heterocycles. The SMILES string of the molecule is CC(F)(F)c1ccc(C2CC(c3nc(C4CC4)no3)CN(C(=O)N3CCSCC3)C2)cc1. The number of aromatic nitrogens is 2. The van der Waals surface area contributed by atoms with Crippen molar-refractivity contribution in [1.29, 1.82) is 0 Å². The smallest absolute Gasteiger partial charge is 0.320 e. The first-order chi connectivity index (χ1) is 15.4. The van der Waals surface area contributed by atoms with Gasteiger partial charge in [-0.15, -0.1) is 0 Å². The molecule has 1 aromatic carbocycles. The largest absolute Gasteiger partial charge is 0.339 e. The molecule has 2 saturated heterocycles. The van der Waals surface area contributed by atoms with Crippen molar-refractivity contribution in [2.45, 2.75) is 49.9 Å². The lowest BCUT2D eigenvalue weighted by atomic mass is 9.84. The number of hydrogen-bond donors (Lipinski definition) is 0. The van der Waals surface area contributed by atoms with Crippen molar-refractivity contribution in [2.24, 2.45) is 0 Å². The van der Waals surface area contributed by atoms with Crippen LogP contribution in [0.25, 0.3) is 0 Å². The van der Waals surface area contributed by atoms with Gasteiger partial charge in [0.1, 0.15) is 0 Å². The molecular formula is C23H28F2N4O2S. The van der Waals surface area contributed by atoms with Crippen molar-refractivity contribution >= 4 is 17.8 Å². The van der Waals surface area contributed by atoms with Crippen LogP contribution in [0.5, 0.6) is 0 Å². The van der Waals surface area contributed by atoms with Crippen LogP contribution in [0.2, 0.25) is 0 Å².